The number of amides is 2. The zero-order valence-corrected chi connectivity index (χ0v) is 14.5. The molecule has 2 bridgehead atoms. The summed E-state index contributed by atoms with van der Waals surface area (Å²) in [6.07, 6.45) is 2.95. The van der Waals surface area contributed by atoms with Gasteiger partial charge in [-0.3, -0.25) is 4.90 Å². The van der Waals surface area contributed by atoms with Crippen LogP contribution in [0.4, 0.5) is 10.5 Å². The average Bonchev–Trinajstić information content (AvgIpc) is 3.26. The first-order chi connectivity index (χ1) is 12.8. The number of nitrogens with one attached hydrogen (secondary N) is 1. The molecule has 2 aliphatic rings. The Balaban J connectivity index is 1.33. The van der Waals surface area contributed by atoms with Crippen molar-refractivity contribution in [3.05, 3.63) is 54.7 Å². The maximum absolute atomic E-state index is 12.6. The smallest absolute Gasteiger partial charge is 0.319 e. The predicted molar refractivity (Wildman–Crippen MR) is 102 cm³/mol. The van der Waals surface area contributed by atoms with Crippen LogP contribution in [0.2, 0.25) is 0 Å². The minimum Gasteiger partial charge on any atom is -0.319 e. The molecule has 2 amide bonds. The number of hydrogen-bond acceptors (Lipinski definition) is 3. The lowest BCUT2D eigenvalue weighted by molar-refractivity contribution is 0.153. The van der Waals surface area contributed by atoms with E-state index in [1.54, 1.807) is 0 Å². The maximum atomic E-state index is 12.6. The van der Waals surface area contributed by atoms with Crippen molar-refractivity contribution in [1.29, 1.82) is 0 Å². The molecule has 2 fully saturated rings. The molecule has 2 aromatic carbocycles. The normalized spacial score (nSPS) is 21.9. The second-order valence-corrected chi connectivity index (χ2v) is 7.03. The number of anilines is 1. The first kappa shape index (κ1) is 15.4. The largest absolute Gasteiger partial charge is 0.322 e. The number of nitrogens with zero attached hydrogens (tertiary/aromatic N) is 4. The van der Waals surface area contributed by atoms with Crippen LogP contribution in [0.15, 0.2) is 54.7 Å². The number of para-hydroxylation sites is 1. The van der Waals surface area contributed by atoms with E-state index in [2.05, 4.69) is 27.4 Å². The van der Waals surface area contributed by atoms with Crippen LogP contribution in [0.5, 0.6) is 0 Å². The van der Waals surface area contributed by atoms with E-state index in [9.17, 15) is 4.79 Å². The van der Waals surface area contributed by atoms with Gasteiger partial charge in [0, 0.05) is 43.3 Å². The summed E-state index contributed by atoms with van der Waals surface area (Å²) in [5, 5.41) is 8.63. The summed E-state index contributed by atoms with van der Waals surface area (Å²) in [7, 11) is 0. The Morgan fingerprint density at radius 3 is 2.77 bits per heavy atom. The van der Waals surface area contributed by atoms with Crippen LogP contribution in [-0.2, 0) is 0 Å². The van der Waals surface area contributed by atoms with E-state index in [-0.39, 0.29) is 6.03 Å². The van der Waals surface area contributed by atoms with Crippen LogP contribution in [0.1, 0.15) is 6.42 Å². The molecule has 2 saturated heterocycles. The van der Waals surface area contributed by atoms with Crippen molar-refractivity contribution < 1.29 is 4.79 Å². The summed E-state index contributed by atoms with van der Waals surface area (Å²) in [5.41, 5.74) is 2.87. The van der Waals surface area contributed by atoms with E-state index in [4.69, 9.17) is 0 Å². The van der Waals surface area contributed by atoms with Crippen LogP contribution in [0.25, 0.3) is 16.6 Å². The molecule has 0 saturated carbocycles. The second kappa shape index (κ2) is 6.14. The number of carbonyl (C=O) groups excluding carboxylic acids is 1. The van der Waals surface area contributed by atoms with Crippen molar-refractivity contribution in [1.82, 2.24) is 19.6 Å². The van der Waals surface area contributed by atoms with E-state index in [0.717, 1.165) is 54.9 Å². The summed E-state index contributed by atoms with van der Waals surface area (Å²) in [4.78, 5) is 17.0. The van der Waals surface area contributed by atoms with Crippen molar-refractivity contribution in [3.63, 3.8) is 0 Å². The molecule has 2 atom stereocenters. The third-order valence-electron chi connectivity index (χ3n) is 5.45. The maximum Gasteiger partial charge on any atom is 0.322 e. The fourth-order valence-corrected chi connectivity index (χ4v) is 4.03. The summed E-state index contributed by atoms with van der Waals surface area (Å²) >= 11 is 0. The minimum absolute atomic E-state index is 0.00818. The van der Waals surface area contributed by atoms with E-state index < -0.39 is 0 Å². The van der Waals surface area contributed by atoms with Crippen molar-refractivity contribution in [2.24, 2.45) is 0 Å². The zero-order valence-electron chi connectivity index (χ0n) is 14.5. The highest BCUT2D eigenvalue weighted by molar-refractivity contribution is 5.90. The highest BCUT2D eigenvalue weighted by Gasteiger charge is 2.35. The Morgan fingerprint density at radius 2 is 1.88 bits per heavy atom. The van der Waals surface area contributed by atoms with E-state index in [1.807, 2.05) is 52.2 Å². The zero-order chi connectivity index (χ0) is 17.5. The van der Waals surface area contributed by atoms with Crippen LogP contribution in [-0.4, -0.2) is 57.8 Å². The lowest BCUT2D eigenvalue weighted by Crippen LogP contribution is -2.50. The Bertz CT molecular complexity index is 948. The number of aromatic nitrogens is 2. The van der Waals surface area contributed by atoms with Gasteiger partial charge in [0.25, 0.3) is 0 Å². The summed E-state index contributed by atoms with van der Waals surface area (Å²) < 4.78 is 1.92. The highest BCUT2D eigenvalue weighted by atomic mass is 16.2. The highest BCUT2D eigenvalue weighted by Crippen LogP contribution is 2.23. The Kier molecular flexibility index (Phi) is 3.64. The van der Waals surface area contributed by atoms with Gasteiger partial charge >= 0.3 is 6.03 Å². The van der Waals surface area contributed by atoms with Gasteiger partial charge in [0.2, 0.25) is 0 Å². The number of rotatable bonds is 2. The molecule has 1 N–H and O–H groups in total. The van der Waals surface area contributed by atoms with Crippen molar-refractivity contribution in [2.75, 3.05) is 31.5 Å². The lowest BCUT2D eigenvalue weighted by atomic mass is 10.2. The van der Waals surface area contributed by atoms with Crippen LogP contribution in [0, 0.1) is 0 Å². The van der Waals surface area contributed by atoms with Crippen LogP contribution < -0.4 is 5.32 Å². The van der Waals surface area contributed by atoms with Crippen LogP contribution in [0.3, 0.4) is 0 Å². The molecule has 2 unspecified atom stereocenters. The molecule has 0 aliphatic carbocycles. The van der Waals surface area contributed by atoms with Crippen molar-refractivity contribution >= 4 is 22.6 Å². The summed E-state index contributed by atoms with van der Waals surface area (Å²) in [6.45, 7) is 3.92. The quantitative estimate of drug-likeness (QED) is 0.775. The number of carbonyl (C=O) groups is 1. The fraction of sp³-hybridized carbons (Fsp3) is 0.300. The molecule has 26 heavy (non-hydrogen) atoms. The Labute approximate surface area is 152 Å². The van der Waals surface area contributed by atoms with Crippen molar-refractivity contribution in [2.45, 2.75) is 12.5 Å². The fourth-order valence-electron chi connectivity index (χ4n) is 4.03. The molecule has 5 rings (SSSR count). The van der Waals surface area contributed by atoms with Gasteiger partial charge in [-0.2, -0.15) is 5.10 Å². The molecule has 132 valence electrons. The van der Waals surface area contributed by atoms with E-state index >= 15 is 0 Å². The molecule has 6 nitrogen and oxygen atoms in total. The monoisotopic (exact) mass is 347 g/mol. The van der Waals surface area contributed by atoms with E-state index in [0.29, 0.717) is 6.04 Å². The molecule has 6 heteroatoms. The van der Waals surface area contributed by atoms with E-state index in [1.165, 1.54) is 0 Å². The molecule has 2 aliphatic heterocycles. The Hall–Kier alpha value is -2.86. The van der Waals surface area contributed by atoms with Gasteiger partial charge in [0.05, 0.1) is 17.4 Å². The van der Waals surface area contributed by atoms with Crippen molar-refractivity contribution in [3.8, 4) is 5.69 Å². The SMILES string of the molecule is O=C(Nc1ccc(-n2ncc3ccccc32)cc1)N1CCN2CCC1C2. The number of fused-ring (bicyclic) bond motifs is 3. The van der Waals surface area contributed by atoms with Gasteiger partial charge in [0.1, 0.15) is 0 Å². The van der Waals surface area contributed by atoms with Gasteiger partial charge in [-0.05, 0) is 36.8 Å². The minimum atomic E-state index is 0.00818. The molecule has 0 radical (unpaired) electrons. The molecule has 0 spiro atoms. The van der Waals surface area contributed by atoms with Gasteiger partial charge in [-0.1, -0.05) is 18.2 Å². The topological polar surface area (TPSA) is 53.4 Å². The third kappa shape index (κ3) is 2.63. The number of benzene rings is 2. The number of piperazine rings is 1. The first-order valence-electron chi connectivity index (χ1n) is 9.11. The number of urea groups is 1. The first-order valence-corrected chi connectivity index (χ1v) is 9.11. The second-order valence-electron chi connectivity index (χ2n) is 7.03. The van der Waals surface area contributed by atoms with Gasteiger partial charge < -0.3 is 10.2 Å². The summed E-state index contributed by atoms with van der Waals surface area (Å²) in [5.74, 6) is 0. The molecular formula is C20H21N5O. The van der Waals surface area contributed by atoms with Gasteiger partial charge in [-0.25, -0.2) is 9.48 Å². The molecule has 3 heterocycles. The van der Waals surface area contributed by atoms with Gasteiger partial charge in [-0.15, -0.1) is 0 Å². The van der Waals surface area contributed by atoms with Gasteiger partial charge in [0.15, 0.2) is 0 Å². The lowest BCUT2D eigenvalue weighted by Gasteiger charge is -2.34. The summed E-state index contributed by atoms with van der Waals surface area (Å²) in [6, 6.07) is 16.4. The van der Waals surface area contributed by atoms with Crippen LogP contribution >= 0.6 is 0 Å². The average molecular weight is 347 g/mol. The number of hydrogen-bond donors (Lipinski definition) is 1. The molecule has 3 aromatic rings. The molecular weight excluding hydrogens is 326 g/mol. The Morgan fingerprint density at radius 1 is 1.04 bits per heavy atom. The third-order valence-corrected chi connectivity index (χ3v) is 5.45. The molecule has 1 aromatic heterocycles. The predicted octanol–water partition coefficient (Wildman–Crippen LogP) is 2.95. The standard InChI is InChI=1S/C20H21N5O/c26-20(24-12-11-23-10-9-18(24)14-23)22-16-5-7-17(8-6-16)25-19-4-2-1-3-15(19)13-21-25/h1-8,13,18H,9-12,14H2,(H,22,26).